The van der Waals surface area contributed by atoms with Gasteiger partial charge in [0.15, 0.2) is 0 Å². The lowest BCUT2D eigenvalue weighted by molar-refractivity contribution is 0.0247. The van der Waals surface area contributed by atoms with Crippen LogP contribution in [-0.4, -0.2) is 24.2 Å². The van der Waals surface area contributed by atoms with Crippen molar-refractivity contribution in [1.29, 1.82) is 0 Å². The monoisotopic (exact) mass is 224 g/mol. The Morgan fingerprint density at radius 3 is 3.06 bits per heavy atom. The van der Waals surface area contributed by atoms with E-state index in [4.69, 9.17) is 4.74 Å². The molecule has 0 aromatic carbocycles. The van der Waals surface area contributed by atoms with Crippen molar-refractivity contribution in [1.82, 2.24) is 4.98 Å². The predicted molar refractivity (Wildman–Crippen MR) is 61.0 cm³/mol. The fraction of sp³-hybridized carbons (Fsp3) is 0.583. The van der Waals surface area contributed by atoms with Crippen LogP contribution in [0, 0.1) is 12.7 Å². The zero-order valence-corrected chi connectivity index (χ0v) is 9.50. The van der Waals surface area contributed by atoms with Crippen molar-refractivity contribution in [3.05, 3.63) is 23.6 Å². The Labute approximate surface area is 95.0 Å². The van der Waals surface area contributed by atoms with Crippen molar-refractivity contribution in [2.45, 2.75) is 32.3 Å². The number of nitrogens with one attached hydrogen (secondary N) is 1. The van der Waals surface area contributed by atoms with Gasteiger partial charge in [-0.1, -0.05) is 0 Å². The minimum atomic E-state index is -0.250. The minimum absolute atomic E-state index is 0.235. The van der Waals surface area contributed by atoms with Gasteiger partial charge >= 0.3 is 0 Å². The van der Waals surface area contributed by atoms with Crippen LogP contribution < -0.4 is 5.32 Å². The summed E-state index contributed by atoms with van der Waals surface area (Å²) in [5.41, 5.74) is 0.687. The Balaban J connectivity index is 1.88. The average molecular weight is 224 g/mol. The molecule has 4 heteroatoms. The summed E-state index contributed by atoms with van der Waals surface area (Å²) in [6.07, 6.45) is 3.66. The maximum atomic E-state index is 13.1. The molecule has 88 valence electrons. The molecule has 1 aliphatic heterocycles. The molecular formula is C12H17FN2O. The molecule has 1 atom stereocenters. The second kappa shape index (κ2) is 5.25. The highest BCUT2D eigenvalue weighted by Gasteiger charge is 2.13. The molecule has 0 bridgehead atoms. The van der Waals surface area contributed by atoms with Gasteiger partial charge in [0.25, 0.3) is 0 Å². The van der Waals surface area contributed by atoms with Crippen LogP contribution >= 0.6 is 0 Å². The summed E-state index contributed by atoms with van der Waals surface area (Å²) in [5, 5.41) is 3.12. The molecule has 0 saturated carbocycles. The van der Waals surface area contributed by atoms with Gasteiger partial charge in [0.05, 0.1) is 6.10 Å². The molecule has 1 aromatic rings. The van der Waals surface area contributed by atoms with E-state index >= 15 is 0 Å². The fourth-order valence-electron chi connectivity index (χ4n) is 1.90. The van der Waals surface area contributed by atoms with Crippen LogP contribution in [0.3, 0.4) is 0 Å². The van der Waals surface area contributed by atoms with Gasteiger partial charge in [-0.2, -0.15) is 0 Å². The first-order valence-corrected chi connectivity index (χ1v) is 5.74. The summed E-state index contributed by atoms with van der Waals surface area (Å²) in [6, 6.07) is 2.83. The van der Waals surface area contributed by atoms with Crippen molar-refractivity contribution in [2.75, 3.05) is 18.5 Å². The first kappa shape index (κ1) is 11.3. The van der Waals surface area contributed by atoms with Crippen LogP contribution in [0.15, 0.2) is 12.1 Å². The van der Waals surface area contributed by atoms with Gasteiger partial charge in [0, 0.05) is 24.9 Å². The van der Waals surface area contributed by atoms with E-state index in [2.05, 4.69) is 10.3 Å². The Hall–Kier alpha value is -1.16. The highest BCUT2D eigenvalue weighted by atomic mass is 19.1. The molecule has 3 nitrogen and oxygen atoms in total. The maximum absolute atomic E-state index is 13.1. The van der Waals surface area contributed by atoms with Gasteiger partial charge in [0.1, 0.15) is 11.6 Å². The van der Waals surface area contributed by atoms with Gasteiger partial charge in [-0.15, -0.1) is 0 Å². The minimum Gasteiger partial charge on any atom is -0.376 e. The highest BCUT2D eigenvalue weighted by molar-refractivity contribution is 5.35. The number of ether oxygens (including phenoxy) is 1. The summed E-state index contributed by atoms with van der Waals surface area (Å²) in [6.45, 7) is 3.32. The highest BCUT2D eigenvalue weighted by Crippen LogP contribution is 2.14. The molecule has 2 rings (SSSR count). The van der Waals surface area contributed by atoms with E-state index in [0.717, 1.165) is 19.4 Å². The van der Waals surface area contributed by atoms with E-state index in [-0.39, 0.29) is 11.9 Å². The molecule has 0 spiro atoms. The molecule has 0 amide bonds. The lowest BCUT2D eigenvalue weighted by Crippen LogP contribution is -2.27. The van der Waals surface area contributed by atoms with Crippen LogP contribution in [0.1, 0.15) is 25.0 Å². The summed E-state index contributed by atoms with van der Waals surface area (Å²) in [7, 11) is 0. The largest absolute Gasteiger partial charge is 0.376 e. The summed E-state index contributed by atoms with van der Waals surface area (Å²) < 4.78 is 18.7. The molecule has 0 radical (unpaired) electrons. The topological polar surface area (TPSA) is 34.1 Å². The third kappa shape index (κ3) is 3.17. The zero-order valence-electron chi connectivity index (χ0n) is 9.50. The number of halogens is 1. The van der Waals surface area contributed by atoms with Crippen molar-refractivity contribution >= 4 is 5.82 Å². The quantitative estimate of drug-likeness (QED) is 0.856. The summed E-state index contributed by atoms with van der Waals surface area (Å²) in [4.78, 5) is 4.21. The van der Waals surface area contributed by atoms with Crippen molar-refractivity contribution in [3.8, 4) is 0 Å². The maximum Gasteiger partial charge on any atom is 0.129 e. The van der Waals surface area contributed by atoms with Crippen LogP contribution in [-0.2, 0) is 4.74 Å². The Morgan fingerprint density at radius 1 is 1.50 bits per heavy atom. The Bertz CT molecular complexity index is 331. The Morgan fingerprint density at radius 2 is 2.38 bits per heavy atom. The lowest BCUT2D eigenvalue weighted by atomic mass is 10.1. The van der Waals surface area contributed by atoms with Gasteiger partial charge in [0.2, 0.25) is 0 Å². The van der Waals surface area contributed by atoms with E-state index in [1.807, 2.05) is 0 Å². The smallest absolute Gasteiger partial charge is 0.129 e. The van der Waals surface area contributed by atoms with Gasteiger partial charge in [-0.05, 0) is 32.3 Å². The SMILES string of the molecule is Cc1cc(F)cc(NCC2CCCCO2)n1. The first-order chi connectivity index (χ1) is 7.74. The number of hydrogen-bond acceptors (Lipinski definition) is 3. The number of anilines is 1. The molecule has 1 unspecified atom stereocenters. The number of nitrogens with zero attached hydrogens (tertiary/aromatic N) is 1. The van der Waals surface area contributed by atoms with Crippen LogP contribution in [0.2, 0.25) is 0 Å². The number of hydrogen-bond donors (Lipinski definition) is 1. The third-order valence-electron chi connectivity index (χ3n) is 2.70. The number of rotatable bonds is 3. The molecule has 2 heterocycles. The van der Waals surface area contributed by atoms with Gasteiger partial charge < -0.3 is 10.1 Å². The van der Waals surface area contributed by atoms with Crippen LogP contribution in [0.4, 0.5) is 10.2 Å². The Kier molecular flexibility index (Phi) is 3.72. The van der Waals surface area contributed by atoms with E-state index in [0.29, 0.717) is 18.1 Å². The molecule has 16 heavy (non-hydrogen) atoms. The zero-order chi connectivity index (χ0) is 11.4. The van der Waals surface area contributed by atoms with Crippen molar-refractivity contribution in [3.63, 3.8) is 0 Å². The van der Waals surface area contributed by atoms with E-state index in [9.17, 15) is 4.39 Å². The summed E-state index contributed by atoms with van der Waals surface area (Å²) in [5.74, 6) is 0.339. The molecular weight excluding hydrogens is 207 g/mol. The second-order valence-electron chi connectivity index (χ2n) is 4.18. The third-order valence-corrected chi connectivity index (χ3v) is 2.70. The fourth-order valence-corrected chi connectivity index (χ4v) is 1.90. The van der Waals surface area contributed by atoms with Gasteiger partial charge in [-0.25, -0.2) is 9.37 Å². The molecule has 1 aliphatic rings. The van der Waals surface area contributed by atoms with E-state index in [1.54, 1.807) is 6.92 Å². The van der Waals surface area contributed by atoms with Crippen molar-refractivity contribution < 1.29 is 9.13 Å². The van der Waals surface area contributed by atoms with E-state index in [1.165, 1.54) is 18.6 Å². The number of aromatic nitrogens is 1. The molecule has 1 saturated heterocycles. The standard InChI is InChI=1S/C12H17FN2O/c1-9-6-10(13)7-12(15-9)14-8-11-4-2-3-5-16-11/h6-7,11H,2-5,8H2,1H3,(H,14,15). The van der Waals surface area contributed by atoms with Crippen LogP contribution in [0.25, 0.3) is 0 Å². The van der Waals surface area contributed by atoms with E-state index < -0.39 is 0 Å². The van der Waals surface area contributed by atoms with Crippen LogP contribution in [0.5, 0.6) is 0 Å². The molecule has 0 aliphatic carbocycles. The predicted octanol–water partition coefficient (Wildman–Crippen LogP) is 2.51. The average Bonchev–Trinajstić information content (AvgIpc) is 2.27. The molecule has 1 fully saturated rings. The molecule has 1 N–H and O–H groups in total. The number of aryl methyl sites for hydroxylation is 1. The first-order valence-electron chi connectivity index (χ1n) is 5.74. The normalized spacial score (nSPS) is 20.8. The number of pyridine rings is 1. The lowest BCUT2D eigenvalue weighted by Gasteiger charge is -2.23. The van der Waals surface area contributed by atoms with Crippen molar-refractivity contribution in [2.24, 2.45) is 0 Å². The summed E-state index contributed by atoms with van der Waals surface area (Å²) >= 11 is 0. The molecule has 1 aromatic heterocycles. The second-order valence-corrected chi connectivity index (χ2v) is 4.18. The van der Waals surface area contributed by atoms with Gasteiger partial charge in [-0.3, -0.25) is 0 Å².